The van der Waals surface area contributed by atoms with E-state index in [0.29, 0.717) is 17.0 Å². The molecule has 1 fully saturated rings. The molecule has 0 radical (unpaired) electrons. The number of benzene rings is 2. The Morgan fingerprint density at radius 1 is 1.13 bits per heavy atom. The fraction of sp³-hybridized carbons (Fsp3) is 0.263. The monoisotopic (exact) mass is 307 g/mol. The van der Waals surface area contributed by atoms with Gasteiger partial charge in [-0.1, -0.05) is 17.2 Å². The Labute approximate surface area is 134 Å². The van der Waals surface area contributed by atoms with Gasteiger partial charge in [-0.05, 0) is 57.0 Å². The van der Waals surface area contributed by atoms with Crippen LogP contribution in [0.15, 0.2) is 40.8 Å². The molecule has 1 aromatic heterocycles. The minimum atomic E-state index is -0.293. The van der Waals surface area contributed by atoms with E-state index in [1.807, 2.05) is 26.0 Å². The minimum Gasteiger partial charge on any atom is -0.459 e. The number of aryl methyl sites for hydroxylation is 2. The summed E-state index contributed by atoms with van der Waals surface area (Å²) >= 11 is 0. The molecule has 1 heterocycles. The first-order valence-electron chi connectivity index (χ1n) is 7.79. The summed E-state index contributed by atoms with van der Waals surface area (Å²) in [5.74, 6) is 0.276. The zero-order valence-electron chi connectivity index (χ0n) is 13.1. The van der Waals surface area contributed by atoms with Crippen LogP contribution in [0.2, 0.25) is 0 Å². The van der Waals surface area contributed by atoms with Gasteiger partial charge in [0.1, 0.15) is 11.6 Å². The van der Waals surface area contributed by atoms with Gasteiger partial charge in [0, 0.05) is 5.56 Å². The predicted molar refractivity (Wildman–Crippen MR) is 87.4 cm³/mol. The van der Waals surface area contributed by atoms with E-state index in [9.17, 15) is 4.79 Å². The zero-order valence-corrected chi connectivity index (χ0v) is 13.1. The lowest BCUT2D eigenvalue weighted by Crippen LogP contribution is -2.06. The van der Waals surface area contributed by atoms with Crippen molar-refractivity contribution >= 4 is 17.1 Å². The second-order valence-electron chi connectivity index (χ2n) is 6.18. The first kappa shape index (κ1) is 14.0. The van der Waals surface area contributed by atoms with Gasteiger partial charge in [0.05, 0.1) is 5.56 Å². The molecule has 3 aromatic rings. The molecule has 1 saturated carbocycles. The molecular formula is C19H17NO3. The lowest BCUT2D eigenvalue weighted by Gasteiger charge is -2.01. The Hall–Kier alpha value is -2.62. The second-order valence-corrected chi connectivity index (χ2v) is 6.18. The highest BCUT2D eigenvalue weighted by atomic mass is 16.5. The molecule has 0 spiro atoms. The largest absolute Gasteiger partial charge is 0.459 e. The van der Waals surface area contributed by atoms with Crippen LogP contribution in [-0.4, -0.2) is 17.1 Å². The number of rotatable bonds is 3. The highest BCUT2D eigenvalue weighted by Gasteiger charge is 2.26. The summed E-state index contributed by atoms with van der Waals surface area (Å²) in [5.41, 5.74) is 5.12. The Morgan fingerprint density at radius 3 is 2.57 bits per heavy atom. The lowest BCUT2D eigenvalue weighted by atomic mass is 10.1. The Morgan fingerprint density at radius 2 is 1.87 bits per heavy atom. The van der Waals surface area contributed by atoms with Crippen LogP contribution in [0, 0.1) is 13.8 Å². The number of esters is 1. The summed E-state index contributed by atoms with van der Waals surface area (Å²) in [4.78, 5) is 16.5. The predicted octanol–water partition coefficient (Wildman–Crippen LogP) is 4.43. The molecular weight excluding hydrogens is 290 g/mol. The summed E-state index contributed by atoms with van der Waals surface area (Å²) in [5, 5.41) is 0. The van der Waals surface area contributed by atoms with Crippen LogP contribution in [-0.2, 0) is 4.74 Å². The number of carbonyl (C=O) groups is 1. The summed E-state index contributed by atoms with van der Waals surface area (Å²) in [6.07, 6.45) is 2.03. The summed E-state index contributed by atoms with van der Waals surface area (Å²) < 4.78 is 11.2. The molecule has 23 heavy (non-hydrogen) atoms. The van der Waals surface area contributed by atoms with E-state index in [0.717, 1.165) is 35.0 Å². The van der Waals surface area contributed by atoms with Crippen LogP contribution >= 0.6 is 0 Å². The number of carbonyl (C=O) groups excluding carboxylic acids is 1. The van der Waals surface area contributed by atoms with E-state index >= 15 is 0 Å². The molecule has 0 aliphatic heterocycles. The minimum absolute atomic E-state index is 0.0961. The van der Waals surface area contributed by atoms with E-state index in [-0.39, 0.29) is 12.1 Å². The number of nitrogens with zero attached hydrogens (tertiary/aromatic N) is 1. The van der Waals surface area contributed by atoms with Crippen LogP contribution < -0.4 is 0 Å². The maximum atomic E-state index is 12.0. The van der Waals surface area contributed by atoms with Gasteiger partial charge in [-0.2, -0.15) is 0 Å². The van der Waals surface area contributed by atoms with Gasteiger partial charge in [-0.25, -0.2) is 9.78 Å². The van der Waals surface area contributed by atoms with Crippen molar-refractivity contribution < 1.29 is 13.9 Å². The Kier molecular flexibility index (Phi) is 3.18. The van der Waals surface area contributed by atoms with Crippen LogP contribution in [0.4, 0.5) is 0 Å². The third-order valence-electron chi connectivity index (χ3n) is 3.89. The van der Waals surface area contributed by atoms with Crippen molar-refractivity contribution in [2.75, 3.05) is 0 Å². The highest BCUT2D eigenvalue weighted by molar-refractivity contribution is 5.93. The molecule has 0 unspecified atom stereocenters. The third-order valence-corrected chi connectivity index (χ3v) is 3.89. The number of hydrogen-bond acceptors (Lipinski definition) is 4. The molecule has 1 aliphatic rings. The molecule has 2 aromatic carbocycles. The molecule has 0 amide bonds. The fourth-order valence-electron chi connectivity index (χ4n) is 2.68. The van der Waals surface area contributed by atoms with Gasteiger partial charge in [-0.3, -0.25) is 0 Å². The van der Waals surface area contributed by atoms with Crippen molar-refractivity contribution in [2.24, 2.45) is 0 Å². The van der Waals surface area contributed by atoms with E-state index in [4.69, 9.17) is 9.15 Å². The van der Waals surface area contributed by atoms with Gasteiger partial charge in [0.2, 0.25) is 5.89 Å². The standard InChI is InChI=1S/C19H17NO3/c1-11-7-12(2)9-14(8-11)18-20-16-6-3-13(10-17(16)23-18)19(21)22-15-4-5-15/h3,6-10,15H,4-5H2,1-2H3. The maximum Gasteiger partial charge on any atom is 0.338 e. The van der Waals surface area contributed by atoms with E-state index in [1.165, 1.54) is 0 Å². The number of hydrogen-bond donors (Lipinski definition) is 0. The zero-order chi connectivity index (χ0) is 16.0. The smallest absolute Gasteiger partial charge is 0.338 e. The van der Waals surface area contributed by atoms with E-state index in [1.54, 1.807) is 18.2 Å². The van der Waals surface area contributed by atoms with Crippen LogP contribution in [0.5, 0.6) is 0 Å². The van der Waals surface area contributed by atoms with E-state index < -0.39 is 0 Å². The topological polar surface area (TPSA) is 52.3 Å². The van der Waals surface area contributed by atoms with Crippen LogP contribution in [0.25, 0.3) is 22.6 Å². The fourth-order valence-corrected chi connectivity index (χ4v) is 2.68. The van der Waals surface area contributed by atoms with Crippen molar-refractivity contribution in [3.63, 3.8) is 0 Å². The first-order chi connectivity index (χ1) is 11.1. The first-order valence-corrected chi connectivity index (χ1v) is 7.79. The lowest BCUT2D eigenvalue weighted by molar-refractivity contribution is 0.0472. The molecule has 0 bridgehead atoms. The quantitative estimate of drug-likeness (QED) is 0.672. The molecule has 4 rings (SSSR count). The van der Waals surface area contributed by atoms with Crippen molar-refractivity contribution in [3.8, 4) is 11.5 Å². The average Bonchev–Trinajstić information content (AvgIpc) is 3.21. The number of ether oxygens (including phenoxy) is 1. The number of oxazole rings is 1. The van der Waals surface area contributed by atoms with Crippen molar-refractivity contribution in [1.82, 2.24) is 4.98 Å². The van der Waals surface area contributed by atoms with Gasteiger partial charge < -0.3 is 9.15 Å². The average molecular weight is 307 g/mol. The maximum absolute atomic E-state index is 12.0. The number of fused-ring (bicyclic) bond motifs is 1. The van der Waals surface area contributed by atoms with Crippen molar-refractivity contribution in [1.29, 1.82) is 0 Å². The van der Waals surface area contributed by atoms with Crippen molar-refractivity contribution in [3.05, 3.63) is 53.1 Å². The number of aromatic nitrogens is 1. The third kappa shape index (κ3) is 2.84. The normalized spacial score (nSPS) is 14.2. The van der Waals surface area contributed by atoms with Gasteiger partial charge in [0.25, 0.3) is 0 Å². The van der Waals surface area contributed by atoms with Gasteiger partial charge in [-0.15, -0.1) is 0 Å². The van der Waals surface area contributed by atoms with Gasteiger partial charge in [0.15, 0.2) is 5.58 Å². The molecule has 0 atom stereocenters. The summed E-state index contributed by atoms with van der Waals surface area (Å²) in [6, 6.07) is 11.4. The summed E-state index contributed by atoms with van der Waals surface area (Å²) in [6.45, 7) is 4.09. The molecule has 4 heteroatoms. The summed E-state index contributed by atoms with van der Waals surface area (Å²) in [7, 11) is 0. The van der Waals surface area contributed by atoms with Gasteiger partial charge >= 0.3 is 5.97 Å². The SMILES string of the molecule is Cc1cc(C)cc(-c2nc3ccc(C(=O)OC4CC4)cc3o2)c1. The second kappa shape index (κ2) is 5.23. The van der Waals surface area contributed by atoms with Crippen LogP contribution in [0.3, 0.4) is 0 Å². The molecule has 0 saturated heterocycles. The van der Waals surface area contributed by atoms with Crippen molar-refractivity contribution in [2.45, 2.75) is 32.8 Å². The molecule has 116 valence electrons. The Balaban J connectivity index is 1.71. The van der Waals surface area contributed by atoms with E-state index in [2.05, 4.69) is 11.1 Å². The molecule has 1 aliphatic carbocycles. The molecule has 0 N–H and O–H groups in total. The highest BCUT2D eigenvalue weighted by Crippen LogP contribution is 2.28. The molecule has 4 nitrogen and oxygen atoms in total. The Bertz CT molecular complexity index is 886. The van der Waals surface area contributed by atoms with Crippen LogP contribution in [0.1, 0.15) is 34.3 Å².